The molecule has 0 N–H and O–H groups in total. The molecule has 0 fully saturated rings. The zero-order valence-electron chi connectivity index (χ0n) is 8.32. The van der Waals surface area contributed by atoms with E-state index in [4.69, 9.17) is 4.74 Å². The zero-order valence-corrected chi connectivity index (χ0v) is 12.3. The average molecular weight is 363 g/mol. The summed E-state index contributed by atoms with van der Waals surface area (Å²) < 4.78 is 6.64. The fraction of sp³-hybridized carbons (Fsp3) is 0.182. The van der Waals surface area contributed by atoms with Crippen molar-refractivity contribution in [1.29, 1.82) is 0 Å². The first-order chi connectivity index (χ1) is 7.79. The van der Waals surface area contributed by atoms with Gasteiger partial charge in [-0.05, 0) is 33.6 Å². The van der Waals surface area contributed by atoms with Gasteiger partial charge in [0.1, 0.15) is 17.4 Å². The predicted octanol–water partition coefficient (Wildman–Crippen LogP) is 4.38. The Morgan fingerprint density at radius 1 is 1.38 bits per heavy atom. The Bertz CT molecular complexity index is 459. The summed E-state index contributed by atoms with van der Waals surface area (Å²) in [5, 5.41) is 3.77. The molecule has 0 aliphatic carbocycles. The van der Waals surface area contributed by atoms with Gasteiger partial charge in [-0.25, -0.2) is 4.98 Å². The average Bonchev–Trinajstić information content (AvgIpc) is 2.80. The summed E-state index contributed by atoms with van der Waals surface area (Å²) >= 11 is 8.50. The van der Waals surface area contributed by atoms with Gasteiger partial charge in [0.2, 0.25) is 0 Å². The summed E-state index contributed by atoms with van der Waals surface area (Å²) in [6.07, 6.45) is 1.78. The van der Waals surface area contributed by atoms with Crippen LogP contribution in [0.3, 0.4) is 0 Å². The first kappa shape index (κ1) is 12.1. The van der Waals surface area contributed by atoms with E-state index in [0.717, 1.165) is 20.6 Å². The molecular weight excluding hydrogens is 354 g/mol. The van der Waals surface area contributed by atoms with Crippen LogP contribution in [0.4, 0.5) is 0 Å². The lowest BCUT2D eigenvalue weighted by Gasteiger charge is -2.07. The molecule has 0 radical (unpaired) electrons. The molecule has 0 bridgehead atoms. The van der Waals surface area contributed by atoms with Crippen LogP contribution in [0.2, 0.25) is 0 Å². The van der Waals surface area contributed by atoms with Crippen LogP contribution in [0.15, 0.2) is 34.2 Å². The van der Waals surface area contributed by atoms with Crippen molar-refractivity contribution >= 4 is 43.2 Å². The highest BCUT2D eigenvalue weighted by molar-refractivity contribution is 9.10. The van der Waals surface area contributed by atoms with Gasteiger partial charge >= 0.3 is 0 Å². The maximum absolute atomic E-state index is 5.67. The highest BCUT2D eigenvalue weighted by Gasteiger charge is 2.03. The number of hydrogen-bond acceptors (Lipinski definition) is 3. The topological polar surface area (TPSA) is 22.1 Å². The smallest absolute Gasteiger partial charge is 0.140 e. The summed E-state index contributed by atoms with van der Waals surface area (Å²) in [7, 11) is 0. The molecule has 0 amide bonds. The van der Waals surface area contributed by atoms with Gasteiger partial charge in [-0.2, -0.15) is 0 Å². The number of benzene rings is 1. The summed E-state index contributed by atoms with van der Waals surface area (Å²) in [6, 6.07) is 6.05. The van der Waals surface area contributed by atoms with E-state index in [2.05, 4.69) is 36.8 Å². The van der Waals surface area contributed by atoms with E-state index in [1.54, 1.807) is 17.5 Å². The van der Waals surface area contributed by atoms with E-state index in [9.17, 15) is 0 Å². The largest absolute Gasteiger partial charge is 0.485 e. The van der Waals surface area contributed by atoms with Crippen molar-refractivity contribution in [3.05, 3.63) is 44.8 Å². The van der Waals surface area contributed by atoms with Crippen molar-refractivity contribution in [3.8, 4) is 5.75 Å². The van der Waals surface area contributed by atoms with Gasteiger partial charge in [0.25, 0.3) is 0 Å². The standard InChI is InChI=1S/C11H9Br2NOS/c12-6-8-1-2-10(9(13)5-8)15-7-11-14-3-4-16-11/h1-5H,6-7H2. The number of halogens is 2. The molecule has 84 valence electrons. The van der Waals surface area contributed by atoms with Crippen molar-refractivity contribution < 1.29 is 4.74 Å². The van der Waals surface area contributed by atoms with Gasteiger partial charge in [0.05, 0.1) is 4.47 Å². The van der Waals surface area contributed by atoms with Crippen molar-refractivity contribution in [2.75, 3.05) is 0 Å². The second-order valence-electron chi connectivity index (χ2n) is 3.11. The SMILES string of the molecule is BrCc1ccc(OCc2nccs2)c(Br)c1. The number of alkyl halides is 1. The van der Waals surface area contributed by atoms with Crippen LogP contribution in [0.5, 0.6) is 5.75 Å². The molecular formula is C11H9Br2NOS. The number of nitrogens with zero attached hydrogens (tertiary/aromatic N) is 1. The molecule has 1 aromatic heterocycles. The molecule has 0 atom stereocenters. The second-order valence-corrected chi connectivity index (χ2v) is 5.51. The Balaban J connectivity index is 2.04. The minimum absolute atomic E-state index is 0.518. The first-order valence-electron chi connectivity index (χ1n) is 4.65. The summed E-state index contributed by atoms with van der Waals surface area (Å²) in [5.41, 5.74) is 1.22. The van der Waals surface area contributed by atoms with E-state index >= 15 is 0 Å². The number of aromatic nitrogens is 1. The first-order valence-corrected chi connectivity index (χ1v) is 7.44. The molecule has 16 heavy (non-hydrogen) atoms. The van der Waals surface area contributed by atoms with Gasteiger partial charge in [-0.15, -0.1) is 11.3 Å². The van der Waals surface area contributed by atoms with E-state index in [1.165, 1.54) is 5.56 Å². The van der Waals surface area contributed by atoms with Crippen molar-refractivity contribution in [1.82, 2.24) is 4.98 Å². The molecule has 0 unspecified atom stereocenters. The molecule has 2 aromatic rings. The van der Waals surface area contributed by atoms with Crippen LogP contribution in [0.25, 0.3) is 0 Å². The Hall–Kier alpha value is -0.390. The number of hydrogen-bond donors (Lipinski definition) is 0. The Morgan fingerprint density at radius 2 is 2.25 bits per heavy atom. The molecule has 0 aliphatic rings. The lowest BCUT2D eigenvalue weighted by Crippen LogP contribution is -1.95. The predicted molar refractivity (Wildman–Crippen MR) is 73.2 cm³/mol. The number of rotatable bonds is 4. The third-order valence-corrected chi connectivity index (χ3v) is 4.01. The monoisotopic (exact) mass is 361 g/mol. The molecule has 1 heterocycles. The van der Waals surface area contributed by atoms with Crippen LogP contribution < -0.4 is 4.74 Å². The molecule has 5 heteroatoms. The minimum atomic E-state index is 0.518. The molecule has 0 saturated carbocycles. The van der Waals surface area contributed by atoms with E-state index in [-0.39, 0.29) is 0 Å². The summed E-state index contributed by atoms with van der Waals surface area (Å²) in [6.45, 7) is 0.518. The Labute approximate surface area is 115 Å². The van der Waals surface area contributed by atoms with Crippen molar-refractivity contribution in [3.63, 3.8) is 0 Å². The molecule has 0 spiro atoms. The molecule has 1 aromatic carbocycles. The normalized spacial score (nSPS) is 10.4. The fourth-order valence-electron chi connectivity index (χ4n) is 1.21. The van der Waals surface area contributed by atoms with Crippen molar-refractivity contribution in [2.24, 2.45) is 0 Å². The van der Waals surface area contributed by atoms with E-state index < -0.39 is 0 Å². The Kier molecular flexibility index (Phi) is 4.37. The van der Waals surface area contributed by atoms with Crippen LogP contribution in [0, 0.1) is 0 Å². The van der Waals surface area contributed by atoms with E-state index in [1.807, 2.05) is 23.6 Å². The van der Waals surface area contributed by atoms with Gasteiger partial charge < -0.3 is 4.74 Å². The zero-order chi connectivity index (χ0) is 11.4. The maximum atomic E-state index is 5.67. The molecule has 2 rings (SSSR count). The van der Waals surface area contributed by atoms with Crippen LogP contribution in [0.1, 0.15) is 10.6 Å². The number of thiazole rings is 1. The highest BCUT2D eigenvalue weighted by Crippen LogP contribution is 2.27. The van der Waals surface area contributed by atoms with Crippen LogP contribution in [-0.4, -0.2) is 4.98 Å². The van der Waals surface area contributed by atoms with Gasteiger partial charge in [0.15, 0.2) is 0 Å². The molecule has 2 nitrogen and oxygen atoms in total. The number of ether oxygens (including phenoxy) is 1. The van der Waals surface area contributed by atoms with Crippen LogP contribution in [-0.2, 0) is 11.9 Å². The molecule has 0 aliphatic heterocycles. The van der Waals surface area contributed by atoms with E-state index in [0.29, 0.717) is 6.61 Å². The third-order valence-electron chi connectivity index (χ3n) is 1.99. The second kappa shape index (κ2) is 5.80. The molecule has 0 saturated heterocycles. The summed E-state index contributed by atoms with van der Waals surface area (Å²) in [5.74, 6) is 0.847. The van der Waals surface area contributed by atoms with Crippen molar-refractivity contribution in [2.45, 2.75) is 11.9 Å². The van der Waals surface area contributed by atoms with Gasteiger partial charge in [0, 0.05) is 16.9 Å². The highest BCUT2D eigenvalue weighted by atomic mass is 79.9. The van der Waals surface area contributed by atoms with Gasteiger partial charge in [-0.1, -0.05) is 22.0 Å². The Morgan fingerprint density at radius 3 is 2.88 bits per heavy atom. The van der Waals surface area contributed by atoms with Crippen LogP contribution >= 0.6 is 43.2 Å². The lowest BCUT2D eigenvalue weighted by molar-refractivity contribution is 0.303. The minimum Gasteiger partial charge on any atom is -0.485 e. The summed E-state index contributed by atoms with van der Waals surface area (Å²) in [4.78, 5) is 4.17. The lowest BCUT2D eigenvalue weighted by atomic mass is 10.2. The van der Waals surface area contributed by atoms with Gasteiger partial charge in [-0.3, -0.25) is 0 Å². The third kappa shape index (κ3) is 3.06. The quantitative estimate of drug-likeness (QED) is 0.753. The fourth-order valence-corrected chi connectivity index (χ4v) is 2.63. The maximum Gasteiger partial charge on any atom is 0.140 e.